The van der Waals surface area contributed by atoms with Crippen molar-refractivity contribution in [2.75, 3.05) is 18.5 Å². The fraction of sp³-hybridized carbons (Fsp3) is 0.316. The van der Waals surface area contributed by atoms with Crippen molar-refractivity contribution in [2.24, 2.45) is 12.0 Å². The van der Waals surface area contributed by atoms with Gasteiger partial charge in [0.15, 0.2) is 0 Å². The number of rotatable bonds is 3. The van der Waals surface area contributed by atoms with E-state index in [2.05, 4.69) is 65.5 Å². The highest BCUT2D eigenvalue weighted by Gasteiger charge is 2.33. The van der Waals surface area contributed by atoms with E-state index in [1.165, 1.54) is 16.5 Å². The topological polar surface area (TPSA) is 49.5 Å². The molecule has 0 amide bonds. The second kappa shape index (κ2) is 5.70. The third-order valence-electron chi connectivity index (χ3n) is 4.72. The normalized spacial score (nSPS) is 22.3. The van der Waals surface area contributed by atoms with E-state index in [1.54, 1.807) is 0 Å². The van der Waals surface area contributed by atoms with Crippen molar-refractivity contribution in [2.45, 2.75) is 18.4 Å². The molecule has 23 heavy (non-hydrogen) atoms. The van der Waals surface area contributed by atoms with Crippen molar-refractivity contribution in [1.29, 1.82) is 0 Å². The minimum Gasteiger partial charge on any atom is -0.396 e. The zero-order valence-electron chi connectivity index (χ0n) is 13.2. The van der Waals surface area contributed by atoms with Crippen LogP contribution in [0.4, 0.5) is 5.82 Å². The van der Waals surface area contributed by atoms with Crippen molar-refractivity contribution in [1.82, 2.24) is 4.57 Å². The lowest BCUT2D eigenvalue weighted by Crippen LogP contribution is -2.20. The third kappa shape index (κ3) is 2.21. The van der Waals surface area contributed by atoms with Gasteiger partial charge in [-0.3, -0.25) is 4.99 Å². The van der Waals surface area contributed by atoms with Gasteiger partial charge in [0.2, 0.25) is 0 Å². The molecule has 1 aliphatic carbocycles. The SMILES string of the molecule is Cn1c2c(c(=NCCCO)c3ccccc31)C1C=CC=CC1N2. The molecular formula is C19H21N3O. The number of benzene rings is 1. The Hall–Kier alpha value is -2.33. The van der Waals surface area contributed by atoms with Crippen LogP contribution in [0.5, 0.6) is 0 Å². The van der Waals surface area contributed by atoms with Gasteiger partial charge in [-0.05, 0) is 12.5 Å². The van der Waals surface area contributed by atoms with Gasteiger partial charge in [-0.2, -0.15) is 0 Å². The molecule has 4 nitrogen and oxygen atoms in total. The molecule has 0 fully saturated rings. The van der Waals surface area contributed by atoms with Gasteiger partial charge in [0, 0.05) is 37.1 Å². The van der Waals surface area contributed by atoms with Crippen LogP contribution >= 0.6 is 0 Å². The van der Waals surface area contributed by atoms with E-state index in [4.69, 9.17) is 10.1 Å². The van der Waals surface area contributed by atoms with E-state index in [1.807, 2.05) is 0 Å². The van der Waals surface area contributed by atoms with Crippen molar-refractivity contribution < 1.29 is 5.11 Å². The molecule has 0 spiro atoms. The first-order valence-electron chi connectivity index (χ1n) is 8.16. The quantitative estimate of drug-likeness (QED) is 0.856. The number of anilines is 1. The summed E-state index contributed by atoms with van der Waals surface area (Å²) in [4.78, 5) is 4.86. The van der Waals surface area contributed by atoms with E-state index >= 15 is 0 Å². The molecule has 2 aliphatic rings. The number of nitrogens with one attached hydrogen (secondary N) is 1. The maximum Gasteiger partial charge on any atom is 0.112 e. The summed E-state index contributed by atoms with van der Waals surface area (Å²) in [6.07, 6.45) is 9.38. The highest BCUT2D eigenvalue weighted by molar-refractivity contribution is 5.84. The Bertz CT molecular complexity index is 876. The number of aliphatic hydroxyl groups is 1. The second-order valence-electron chi connectivity index (χ2n) is 6.11. The van der Waals surface area contributed by atoms with Gasteiger partial charge in [-0.25, -0.2) is 0 Å². The van der Waals surface area contributed by atoms with Crippen LogP contribution in [0, 0.1) is 0 Å². The van der Waals surface area contributed by atoms with Crippen LogP contribution in [0.3, 0.4) is 0 Å². The molecule has 2 N–H and O–H groups in total. The molecule has 4 rings (SSSR count). The Labute approximate surface area is 135 Å². The summed E-state index contributed by atoms with van der Waals surface area (Å²) in [5.41, 5.74) is 2.45. The summed E-state index contributed by atoms with van der Waals surface area (Å²) in [5, 5.41) is 15.0. The number of fused-ring (bicyclic) bond motifs is 4. The summed E-state index contributed by atoms with van der Waals surface area (Å²) >= 11 is 0. The number of hydrogen-bond donors (Lipinski definition) is 2. The van der Waals surface area contributed by atoms with Gasteiger partial charge >= 0.3 is 0 Å². The fourth-order valence-electron chi connectivity index (χ4n) is 3.63. The molecule has 0 saturated heterocycles. The number of hydrogen-bond acceptors (Lipinski definition) is 3. The third-order valence-corrected chi connectivity index (χ3v) is 4.72. The van der Waals surface area contributed by atoms with Crippen molar-refractivity contribution in [3.8, 4) is 0 Å². The van der Waals surface area contributed by atoms with Crippen LogP contribution in [-0.4, -0.2) is 28.9 Å². The monoisotopic (exact) mass is 307 g/mol. The lowest BCUT2D eigenvalue weighted by atomic mass is 9.91. The predicted molar refractivity (Wildman–Crippen MR) is 93.5 cm³/mol. The summed E-state index contributed by atoms with van der Waals surface area (Å²) < 4.78 is 2.23. The molecule has 118 valence electrons. The van der Waals surface area contributed by atoms with Gasteiger partial charge in [0.1, 0.15) is 5.82 Å². The van der Waals surface area contributed by atoms with E-state index in [-0.39, 0.29) is 6.61 Å². The molecule has 2 heterocycles. The zero-order valence-corrected chi connectivity index (χ0v) is 13.2. The van der Waals surface area contributed by atoms with Crippen LogP contribution < -0.4 is 10.7 Å². The first kappa shape index (κ1) is 14.3. The summed E-state index contributed by atoms with van der Waals surface area (Å²) in [7, 11) is 2.11. The van der Waals surface area contributed by atoms with Gasteiger partial charge in [-0.15, -0.1) is 0 Å². The van der Waals surface area contributed by atoms with E-state index in [9.17, 15) is 0 Å². The van der Waals surface area contributed by atoms with Gasteiger partial charge in [0.25, 0.3) is 0 Å². The number of pyridine rings is 1. The number of aryl methyl sites for hydroxylation is 1. The Balaban J connectivity index is 2.02. The van der Waals surface area contributed by atoms with Crippen molar-refractivity contribution in [3.63, 3.8) is 0 Å². The molecule has 0 saturated carbocycles. The fourth-order valence-corrected chi connectivity index (χ4v) is 3.63. The lowest BCUT2D eigenvalue weighted by molar-refractivity contribution is 0.291. The molecule has 1 aromatic carbocycles. The van der Waals surface area contributed by atoms with Crippen LogP contribution in [0.25, 0.3) is 10.9 Å². The smallest absolute Gasteiger partial charge is 0.112 e. The summed E-state index contributed by atoms with van der Waals surface area (Å²) in [6.45, 7) is 0.828. The van der Waals surface area contributed by atoms with Crippen molar-refractivity contribution in [3.05, 3.63) is 59.5 Å². The summed E-state index contributed by atoms with van der Waals surface area (Å²) in [6, 6.07) is 8.70. The van der Waals surface area contributed by atoms with E-state index in [0.717, 1.165) is 11.2 Å². The largest absolute Gasteiger partial charge is 0.396 e. The Kier molecular flexibility index (Phi) is 3.54. The molecule has 1 aliphatic heterocycles. The van der Waals surface area contributed by atoms with Crippen LogP contribution in [0.1, 0.15) is 17.9 Å². The highest BCUT2D eigenvalue weighted by atomic mass is 16.3. The number of aliphatic hydroxyl groups excluding tert-OH is 1. The highest BCUT2D eigenvalue weighted by Crippen LogP contribution is 2.38. The average molecular weight is 307 g/mol. The molecule has 0 radical (unpaired) electrons. The van der Waals surface area contributed by atoms with Crippen LogP contribution in [0.15, 0.2) is 53.6 Å². The van der Waals surface area contributed by atoms with Gasteiger partial charge in [0.05, 0.1) is 16.9 Å². The Morgan fingerprint density at radius 1 is 1.22 bits per heavy atom. The molecule has 1 aromatic heterocycles. The first-order chi connectivity index (χ1) is 11.3. The van der Waals surface area contributed by atoms with E-state index in [0.29, 0.717) is 24.9 Å². The molecular weight excluding hydrogens is 286 g/mol. The molecule has 2 unspecified atom stereocenters. The van der Waals surface area contributed by atoms with Gasteiger partial charge in [-0.1, -0.05) is 42.5 Å². The Morgan fingerprint density at radius 2 is 2.04 bits per heavy atom. The molecule has 0 bridgehead atoms. The minimum absolute atomic E-state index is 0.178. The number of allylic oxidation sites excluding steroid dienone is 2. The average Bonchev–Trinajstić information content (AvgIpc) is 2.98. The number of nitrogens with zero attached hydrogens (tertiary/aromatic N) is 2. The number of aromatic nitrogens is 1. The predicted octanol–water partition coefficient (Wildman–Crippen LogP) is 2.47. The maximum absolute atomic E-state index is 9.09. The second-order valence-corrected chi connectivity index (χ2v) is 6.11. The molecule has 4 heteroatoms. The first-order valence-corrected chi connectivity index (χ1v) is 8.16. The summed E-state index contributed by atoms with van der Waals surface area (Å²) in [5.74, 6) is 1.47. The van der Waals surface area contributed by atoms with Crippen LogP contribution in [-0.2, 0) is 7.05 Å². The van der Waals surface area contributed by atoms with E-state index < -0.39 is 0 Å². The number of para-hydroxylation sites is 1. The molecule has 2 atom stereocenters. The minimum atomic E-state index is 0.178. The zero-order chi connectivity index (χ0) is 15.8. The van der Waals surface area contributed by atoms with Gasteiger partial charge < -0.3 is 15.0 Å². The van der Waals surface area contributed by atoms with Crippen molar-refractivity contribution >= 4 is 16.7 Å². The lowest BCUT2D eigenvalue weighted by Gasteiger charge is -2.15. The van der Waals surface area contributed by atoms with Crippen LogP contribution in [0.2, 0.25) is 0 Å². The maximum atomic E-state index is 9.09. The Morgan fingerprint density at radius 3 is 2.91 bits per heavy atom. The molecule has 2 aromatic rings. The standard InChI is InChI=1S/C19H21N3O/c1-22-16-10-5-3-8-14(16)18(20-11-6-12-23)17-13-7-2-4-9-15(13)21-19(17)22/h2-5,7-10,13,15,21,23H,6,11-12H2,1H3.